The summed E-state index contributed by atoms with van der Waals surface area (Å²) in [6, 6.07) is 4.49. The van der Waals surface area contributed by atoms with E-state index in [1.807, 2.05) is 6.20 Å². The van der Waals surface area contributed by atoms with E-state index in [1.165, 1.54) is 12.1 Å². The SMILES string of the molecule is O=C(/C=C/c1ccc(F)c(Br)c1)NC1(C(=O)NCCc2c[nH]c3c2C=C(F)CC3)CCCCC1. The molecule has 0 atom stereocenters. The van der Waals surface area contributed by atoms with Gasteiger partial charge in [0.25, 0.3) is 0 Å². The minimum atomic E-state index is -0.952. The molecule has 1 aromatic carbocycles. The smallest absolute Gasteiger partial charge is 0.245 e. The summed E-state index contributed by atoms with van der Waals surface area (Å²) in [5.74, 6) is -1.05. The third-order valence-corrected chi connectivity index (χ3v) is 7.17. The first-order valence-corrected chi connectivity index (χ1v) is 12.4. The number of rotatable bonds is 7. The molecule has 2 aliphatic rings. The van der Waals surface area contributed by atoms with Gasteiger partial charge in [0.15, 0.2) is 0 Å². The summed E-state index contributed by atoms with van der Waals surface area (Å²) < 4.78 is 27.4. The molecule has 1 aromatic heterocycles. The predicted octanol–water partition coefficient (Wildman–Crippen LogP) is 5.36. The van der Waals surface area contributed by atoms with E-state index in [0.29, 0.717) is 48.7 Å². The number of carbonyl (C=O) groups is 2. The zero-order chi connectivity index (χ0) is 24.1. The summed E-state index contributed by atoms with van der Waals surface area (Å²) in [5.41, 5.74) is 2.60. The highest BCUT2D eigenvalue weighted by Crippen LogP contribution is 2.29. The van der Waals surface area contributed by atoms with E-state index in [9.17, 15) is 18.4 Å². The second-order valence-electron chi connectivity index (χ2n) is 8.94. The van der Waals surface area contributed by atoms with E-state index in [-0.39, 0.29) is 23.5 Å². The van der Waals surface area contributed by atoms with Gasteiger partial charge in [-0.05, 0) is 77.0 Å². The van der Waals surface area contributed by atoms with Crippen LogP contribution >= 0.6 is 15.9 Å². The molecule has 180 valence electrons. The molecule has 1 saturated carbocycles. The van der Waals surface area contributed by atoms with Gasteiger partial charge in [-0.2, -0.15) is 0 Å². The molecule has 1 fully saturated rings. The fraction of sp³-hybridized carbons (Fsp3) is 0.385. The summed E-state index contributed by atoms with van der Waals surface area (Å²) in [7, 11) is 0. The maximum Gasteiger partial charge on any atom is 0.245 e. The molecule has 4 rings (SSSR count). The van der Waals surface area contributed by atoms with Gasteiger partial charge in [0, 0.05) is 36.5 Å². The van der Waals surface area contributed by atoms with Crippen molar-refractivity contribution in [1.82, 2.24) is 15.6 Å². The largest absolute Gasteiger partial charge is 0.364 e. The van der Waals surface area contributed by atoms with Crippen LogP contribution in [-0.2, 0) is 22.4 Å². The number of nitrogens with one attached hydrogen (secondary N) is 3. The van der Waals surface area contributed by atoms with Gasteiger partial charge in [0.1, 0.15) is 17.2 Å². The highest BCUT2D eigenvalue weighted by Gasteiger charge is 2.40. The molecule has 2 aliphatic carbocycles. The summed E-state index contributed by atoms with van der Waals surface area (Å²) in [4.78, 5) is 29.1. The second-order valence-corrected chi connectivity index (χ2v) is 9.80. The van der Waals surface area contributed by atoms with Crippen LogP contribution in [0, 0.1) is 5.82 Å². The van der Waals surface area contributed by atoms with E-state index in [2.05, 4.69) is 31.5 Å². The van der Waals surface area contributed by atoms with E-state index in [0.717, 1.165) is 36.1 Å². The third kappa shape index (κ3) is 5.66. The van der Waals surface area contributed by atoms with Crippen molar-refractivity contribution in [2.24, 2.45) is 0 Å². The topological polar surface area (TPSA) is 74.0 Å². The molecule has 2 amide bonds. The van der Waals surface area contributed by atoms with Crippen LogP contribution in [0.25, 0.3) is 12.2 Å². The van der Waals surface area contributed by atoms with Gasteiger partial charge < -0.3 is 15.6 Å². The van der Waals surface area contributed by atoms with Gasteiger partial charge in [-0.15, -0.1) is 0 Å². The molecule has 0 unspecified atom stereocenters. The first kappa shape index (κ1) is 24.4. The average Bonchev–Trinajstić information content (AvgIpc) is 3.22. The number of benzene rings is 1. The van der Waals surface area contributed by atoms with Gasteiger partial charge in [-0.25, -0.2) is 8.78 Å². The first-order valence-electron chi connectivity index (χ1n) is 11.6. The second kappa shape index (κ2) is 10.7. The molecule has 8 heteroatoms. The molecule has 3 N–H and O–H groups in total. The number of aryl methyl sites for hydroxylation is 1. The zero-order valence-electron chi connectivity index (χ0n) is 18.9. The number of halogens is 3. The summed E-state index contributed by atoms with van der Waals surface area (Å²) in [6.07, 6.45) is 12.0. The minimum Gasteiger partial charge on any atom is -0.364 e. The maximum atomic E-state index is 13.7. The van der Waals surface area contributed by atoms with Gasteiger partial charge in [-0.3, -0.25) is 9.59 Å². The molecular formula is C26H28BrF2N3O2. The number of H-pyrrole nitrogens is 1. The molecule has 5 nitrogen and oxygen atoms in total. The van der Waals surface area contributed by atoms with Gasteiger partial charge in [0.05, 0.1) is 4.47 Å². The molecule has 0 bridgehead atoms. The quantitative estimate of drug-likeness (QED) is 0.420. The number of hydrogen-bond donors (Lipinski definition) is 3. The van der Waals surface area contributed by atoms with Crippen molar-refractivity contribution in [2.75, 3.05) is 6.54 Å². The van der Waals surface area contributed by atoms with Gasteiger partial charge in [-0.1, -0.05) is 25.3 Å². The van der Waals surface area contributed by atoms with Crippen LogP contribution in [-0.4, -0.2) is 28.9 Å². The number of aromatic amines is 1. The van der Waals surface area contributed by atoms with Crippen molar-refractivity contribution in [3.8, 4) is 0 Å². The molecule has 34 heavy (non-hydrogen) atoms. The molecule has 0 spiro atoms. The Kier molecular flexibility index (Phi) is 7.66. The monoisotopic (exact) mass is 531 g/mol. The zero-order valence-corrected chi connectivity index (χ0v) is 20.4. The lowest BCUT2D eigenvalue weighted by Gasteiger charge is -2.36. The Morgan fingerprint density at radius 1 is 1.15 bits per heavy atom. The Bertz CT molecular complexity index is 1130. The lowest BCUT2D eigenvalue weighted by atomic mass is 9.80. The molecule has 0 saturated heterocycles. The molecule has 0 aliphatic heterocycles. The number of amides is 2. The van der Waals surface area contributed by atoms with E-state index < -0.39 is 5.54 Å². The van der Waals surface area contributed by atoms with Crippen molar-refractivity contribution in [2.45, 2.75) is 56.9 Å². The Balaban J connectivity index is 1.38. The number of allylic oxidation sites excluding steroid dienone is 1. The van der Waals surface area contributed by atoms with Gasteiger partial charge in [0.2, 0.25) is 11.8 Å². The van der Waals surface area contributed by atoms with Crippen LogP contribution in [0.2, 0.25) is 0 Å². The summed E-state index contributed by atoms with van der Waals surface area (Å²) in [5, 5.41) is 5.93. The average molecular weight is 532 g/mol. The lowest BCUT2D eigenvalue weighted by molar-refractivity contribution is -0.133. The van der Waals surface area contributed by atoms with Crippen molar-refractivity contribution in [3.05, 3.63) is 69.0 Å². The van der Waals surface area contributed by atoms with Crippen LogP contribution in [0.1, 0.15) is 60.9 Å². The molecule has 2 aromatic rings. The van der Waals surface area contributed by atoms with Crippen LogP contribution in [0.3, 0.4) is 0 Å². The van der Waals surface area contributed by atoms with Crippen LogP contribution in [0.5, 0.6) is 0 Å². The van der Waals surface area contributed by atoms with Crippen LogP contribution in [0.4, 0.5) is 8.78 Å². The molecule has 0 radical (unpaired) electrons. The fourth-order valence-electron chi connectivity index (χ4n) is 4.70. The third-order valence-electron chi connectivity index (χ3n) is 6.56. The first-order chi connectivity index (χ1) is 16.4. The summed E-state index contributed by atoms with van der Waals surface area (Å²) in [6.45, 7) is 0.398. The van der Waals surface area contributed by atoms with E-state index in [4.69, 9.17) is 0 Å². The molecular weight excluding hydrogens is 504 g/mol. The standard InChI is InChI=1S/C26H28BrF2N3O2/c27-21-14-17(4-7-22(21)29)5-9-24(33)32-26(11-2-1-3-12-26)25(34)30-13-10-18-16-31-23-8-6-19(28)15-20(18)23/h4-5,7,9,14-16,31H,1-3,6,8,10-13H2,(H,30,34)(H,32,33)/b9-5+. The van der Waals surface area contributed by atoms with Crippen LogP contribution < -0.4 is 10.6 Å². The van der Waals surface area contributed by atoms with E-state index in [1.54, 1.807) is 24.3 Å². The highest BCUT2D eigenvalue weighted by atomic mass is 79.9. The number of fused-ring (bicyclic) bond motifs is 1. The van der Waals surface area contributed by atoms with Crippen molar-refractivity contribution < 1.29 is 18.4 Å². The Hall–Kier alpha value is -2.74. The normalized spacial score (nSPS) is 17.2. The Labute approximate surface area is 206 Å². The highest BCUT2D eigenvalue weighted by molar-refractivity contribution is 9.10. The maximum absolute atomic E-state index is 13.7. The molecule has 1 heterocycles. The lowest BCUT2D eigenvalue weighted by Crippen LogP contribution is -2.59. The fourth-order valence-corrected chi connectivity index (χ4v) is 5.10. The van der Waals surface area contributed by atoms with Crippen molar-refractivity contribution in [3.63, 3.8) is 0 Å². The number of aromatic nitrogens is 1. The van der Waals surface area contributed by atoms with Crippen LogP contribution in [0.15, 0.2) is 40.8 Å². The minimum absolute atomic E-state index is 0.123. The Morgan fingerprint density at radius 3 is 2.71 bits per heavy atom. The van der Waals surface area contributed by atoms with Crippen molar-refractivity contribution in [1.29, 1.82) is 0 Å². The predicted molar refractivity (Wildman–Crippen MR) is 132 cm³/mol. The van der Waals surface area contributed by atoms with Gasteiger partial charge >= 0.3 is 0 Å². The summed E-state index contributed by atoms with van der Waals surface area (Å²) >= 11 is 3.14. The number of hydrogen-bond acceptors (Lipinski definition) is 2. The van der Waals surface area contributed by atoms with Crippen molar-refractivity contribution >= 4 is 39.9 Å². The number of carbonyl (C=O) groups excluding carboxylic acids is 2. The van der Waals surface area contributed by atoms with E-state index >= 15 is 0 Å². The Morgan fingerprint density at radius 2 is 1.94 bits per heavy atom.